The van der Waals surface area contributed by atoms with Crippen molar-refractivity contribution in [1.82, 2.24) is 5.32 Å². The minimum Gasteiger partial charge on any atom is -0.493 e. The van der Waals surface area contributed by atoms with Crippen molar-refractivity contribution in [2.45, 2.75) is 5.92 Å². The number of nitrogens with one attached hydrogen (secondary N) is 1. The Hall–Kier alpha value is -2.00. The lowest BCUT2D eigenvalue weighted by molar-refractivity contribution is 0.0950. The van der Waals surface area contributed by atoms with Gasteiger partial charge < -0.3 is 10.1 Å². The molecule has 102 valence electrons. The van der Waals surface area contributed by atoms with E-state index in [2.05, 4.69) is 5.32 Å². The maximum Gasteiger partial charge on any atom is 0.252 e. The third-order valence-corrected chi connectivity index (χ3v) is 3.76. The molecule has 0 fully saturated rings. The molecule has 0 spiro atoms. The summed E-state index contributed by atoms with van der Waals surface area (Å²) in [7, 11) is 0. The zero-order valence-corrected chi connectivity index (χ0v) is 11.6. The lowest BCUT2D eigenvalue weighted by Crippen LogP contribution is -2.29. The second-order valence-electron chi connectivity index (χ2n) is 4.74. The van der Waals surface area contributed by atoms with Crippen molar-refractivity contribution in [2.75, 3.05) is 13.2 Å². The molecule has 3 nitrogen and oxygen atoms in total. The maximum atomic E-state index is 12.1. The first-order valence-corrected chi connectivity index (χ1v) is 6.88. The van der Waals surface area contributed by atoms with Crippen LogP contribution < -0.4 is 10.1 Å². The summed E-state index contributed by atoms with van der Waals surface area (Å²) in [4.78, 5) is 12.1. The Kier molecular flexibility index (Phi) is 3.61. The molecule has 3 rings (SSSR count). The molecule has 2 aromatic carbocycles. The molecule has 20 heavy (non-hydrogen) atoms. The molecule has 0 saturated heterocycles. The first kappa shape index (κ1) is 13.0. The molecule has 1 unspecified atom stereocenters. The highest BCUT2D eigenvalue weighted by Crippen LogP contribution is 2.32. The second kappa shape index (κ2) is 5.55. The minimum atomic E-state index is -0.153. The molecule has 1 N–H and O–H groups in total. The van der Waals surface area contributed by atoms with Crippen LogP contribution in [0.15, 0.2) is 48.5 Å². The van der Waals surface area contributed by atoms with Crippen LogP contribution in [0.2, 0.25) is 5.02 Å². The summed E-state index contributed by atoms with van der Waals surface area (Å²) in [5.74, 6) is 0.946. The number of hydrogen-bond acceptors (Lipinski definition) is 2. The average molecular weight is 288 g/mol. The van der Waals surface area contributed by atoms with Crippen LogP contribution in [-0.4, -0.2) is 19.1 Å². The highest BCUT2D eigenvalue weighted by atomic mass is 35.5. The third kappa shape index (κ3) is 2.49. The van der Waals surface area contributed by atoms with Gasteiger partial charge in [0.1, 0.15) is 5.75 Å². The molecule has 1 aliphatic heterocycles. The van der Waals surface area contributed by atoms with Crippen molar-refractivity contribution in [2.24, 2.45) is 0 Å². The SMILES string of the molecule is O=C(NCC1COc2ccccc21)c1ccccc1Cl. The van der Waals surface area contributed by atoms with Crippen LogP contribution in [-0.2, 0) is 0 Å². The van der Waals surface area contributed by atoms with E-state index >= 15 is 0 Å². The number of ether oxygens (including phenoxy) is 1. The molecular formula is C16H14ClNO2. The van der Waals surface area contributed by atoms with Crippen LogP contribution in [0.3, 0.4) is 0 Å². The van der Waals surface area contributed by atoms with E-state index < -0.39 is 0 Å². The Labute approximate surface area is 122 Å². The van der Waals surface area contributed by atoms with E-state index in [1.165, 1.54) is 0 Å². The first-order chi connectivity index (χ1) is 9.75. The summed E-state index contributed by atoms with van der Waals surface area (Å²) in [6.45, 7) is 1.14. The summed E-state index contributed by atoms with van der Waals surface area (Å²) >= 11 is 6.01. The number of halogens is 1. The van der Waals surface area contributed by atoms with Crippen LogP contribution in [0.4, 0.5) is 0 Å². The van der Waals surface area contributed by atoms with Crippen LogP contribution >= 0.6 is 11.6 Å². The van der Waals surface area contributed by atoms with Crippen molar-refractivity contribution in [3.8, 4) is 5.75 Å². The Bertz CT molecular complexity index is 642. The summed E-state index contributed by atoms with van der Waals surface area (Å²) in [5, 5.41) is 3.39. The van der Waals surface area contributed by atoms with E-state index in [9.17, 15) is 4.79 Å². The van der Waals surface area contributed by atoms with Gasteiger partial charge in [0.25, 0.3) is 5.91 Å². The maximum absolute atomic E-state index is 12.1. The number of carbonyl (C=O) groups is 1. The van der Waals surface area contributed by atoms with E-state index in [0.717, 1.165) is 11.3 Å². The van der Waals surface area contributed by atoms with Gasteiger partial charge in [-0.1, -0.05) is 41.9 Å². The van der Waals surface area contributed by atoms with E-state index in [1.807, 2.05) is 24.3 Å². The van der Waals surface area contributed by atoms with Crippen LogP contribution in [0.5, 0.6) is 5.75 Å². The Morgan fingerprint density at radius 2 is 1.95 bits per heavy atom. The summed E-state index contributed by atoms with van der Waals surface area (Å²) in [6, 6.07) is 15.0. The van der Waals surface area contributed by atoms with Gasteiger partial charge in [0.15, 0.2) is 0 Å². The monoisotopic (exact) mass is 287 g/mol. The highest BCUT2D eigenvalue weighted by Gasteiger charge is 2.24. The molecule has 1 atom stereocenters. The first-order valence-electron chi connectivity index (χ1n) is 6.50. The fraction of sp³-hybridized carbons (Fsp3) is 0.188. The molecule has 1 amide bonds. The van der Waals surface area contributed by atoms with E-state index in [4.69, 9.17) is 16.3 Å². The van der Waals surface area contributed by atoms with E-state index in [1.54, 1.807) is 24.3 Å². The standard InChI is InChI=1S/C16H14ClNO2/c17-14-7-3-1-6-13(14)16(19)18-9-11-10-20-15-8-4-2-5-12(11)15/h1-8,11H,9-10H2,(H,18,19). The molecule has 0 radical (unpaired) electrons. The quantitative estimate of drug-likeness (QED) is 0.941. The summed E-state index contributed by atoms with van der Waals surface area (Å²) < 4.78 is 5.60. The van der Waals surface area contributed by atoms with Crippen molar-refractivity contribution in [3.63, 3.8) is 0 Å². The molecule has 4 heteroatoms. The van der Waals surface area contributed by atoms with Crippen molar-refractivity contribution >= 4 is 17.5 Å². The molecule has 2 aromatic rings. The molecule has 0 aliphatic carbocycles. The van der Waals surface area contributed by atoms with Gasteiger partial charge in [0, 0.05) is 18.0 Å². The van der Waals surface area contributed by atoms with Gasteiger partial charge in [-0.05, 0) is 18.2 Å². The predicted molar refractivity (Wildman–Crippen MR) is 78.5 cm³/mol. The van der Waals surface area contributed by atoms with Gasteiger partial charge in [-0.15, -0.1) is 0 Å². The van der Waals surface area contributed by atoms with Crippen molar-refractivity contribution in [1.29, 1.82) is 0 Å². The average Bonchev–Trinajstić information content (AvgIpc) is 2.88. The summed E-state index contributed by atoms with van der Waals surface area (Å²) in [5.41, 5.74) is 1.65. The fourth-order valence-corrected chi connectivity index (χ4v) is 2.58. The Morgan fingerprint density at radius 3 is 2.80 bits per heavy atom. The molecule has 0 saturated carbocycles. The predicted octanol–water partition coefficient (Wildman–Crippen LogP) is 3.25. The zero-order valence-electron chi connectivity index (χ0n) is 10.8. The second-order valence-corrected chi connectivity index (χ2v) is 5.14. The number of amides is 1. The van der Waals surface area contributed by atoms with Crippen molar-refractivity contribution < 1.29 is 9.53 Å². The third-order valence-electron chi connectivity index (χ3n) is 3.43. The number of rotatable bonds is 3. The summed E-state index contributed by atoms with van der Waals surface area (Å²) in [6.07, 6.45) is 0. The Morgan fingerprint density at radius 1 is 1.20 bits per heavy atom. The van der Waals surface area contributed by atoms with E-state index in [-0.39, 0.29) is 11.8 Å². The lowest BCUT2D eigenvalue weighted by atomic mass is 10.0. The van der Waals surface area contributed by atoms with Gasteiger partial charge in [-0.2, -0.15) is 0 Å². The lowest BCUT2D eigenvalue weighted by Gasteiger charge is -2.11. The highest BCUT2D eigenvalue weighted by molar-refractivity contribution is 6.33. The topological polar surface area (TPSA) is 38.3 Å². The molecule has 1 aliphatic rings. The van der Waals surface area contributed by atoms with E-state index in [0.29, 0.717) is 23.7 Å². The van der Waals surface area contributed by atoms with Crippen LogP contribution in [0, 0.1) is 0 Å². The van der Waals surface area contributed by atoms with Crippen LogP contribution in [0.25, 0.3) is 0 Å². The molecule has 0 aromatic heterocycles. The van der Waals surface area contributed by atoms with Crippen molar-refractivity contribution in [3.05, 3.63) is 64.7 Å². The van der Waals surface area contributed by atoms with Gasteiger partial charge in [-0.25, -0.2) is 0 Å². The fourth-order valence-electron chi connectivity index (χ4n) is 2.35. The Balaban J connectivity index is 1.67. The number of hydrogen-bond donors (Lipinski definition) is 1. The number of para-hydroxylation sites is 1. The molecular weight excluding hydrogens is 274 g/mol. The van der Waals surface area contributed by atoms with Gasteiger partial charge in [0.2, 0.25) is 0 Å². The van der Waals surface area contributed by atoms with Gasteiger partial charge in [-0.3, -0.25) is 4.79 Å². The zero-order chi connectivity index (χ0) is 13.9. The molecule has 0 bridgehead atoms. The normalized spacial score (nSPS) is 16.4. The smallest absolute Gasteiger partial charge is 0.252 e. The van der Waals surface area contributed by atoms with Gasteiger partial charge in [0.05, 0.1) is 17.2 Å². The van der Waals surface area contributed by atoms with Gasteiger partial charge >= 0.3 is 0 Å². The number of fused-ring (bicyclic) bond motifs is 1. The molecule has 1 heterocycles. The number of carbonyl (C=O) groups excluding carboxylic acids is 1. The van der Waals surface area contributed by atoms with Crippen LogP contribution in [0.1, 0.15) is 21.8 Å². The number of benzene rings is 2. The largest absolute Gasteiger partial charge is 0.493 e. The minimum absolute atomic E-state index is 0.153.